The Kier molecular flexibility index (Phi) is 4.29. The fourth-order valence-electron chi connectivity index (χ4n) is 1.38. The molecule has 4 nitrogen and oxygen atoms in total. The van der Waals surface area contributed by atoms with Crippen LogP contribution in [0.4, 0.5) is 5.13 Å². The van der Waals surface area contributed by atoms with Gasteiger partial charge in [0.1, 0.15) is 0 Å². The van der Waals surface area contributed by atoms with Crippen LogP contribution < -0.4 is 5.01 Å². The molecule has 0 bridgehead atoms. The van der Waals surface area contributed by atoms with Crippen molar-refractivity contribution in [1.82, 2.24) is 4.98 Å². The summed E-state index contributed by atoms with van der Waals surface area (Å²) in [6.07, 6.45) is 1.61. The molecule has 0 atom stereocenters. The van der Waals surface area contributed by atoms with Gasteiger partial charge in [0.2, 0.25) is 11.0 Å². The quantitative estimate of drug-likeness (QED) is 0.642. The van der Waals surface area contributed by atoms with E-state index in [4.69, 9.17) is 11.6 Å². The summed E-state index contributed by atoms with van der Waals surface area (Å²) in [5.41, 5.74) is 1.73. The van der Waals surface area contributed by atoms with Crippen molar-refractivity contribution < 1.29 is 4.79 Å². The lowest BCUT2D eigenvalue weighted by Crippen LogP contribution is -2.22. The first-order valence-corrected chi connectivity index (χ1v) is 6.84. The van der Waals surface area contributed by atoms with Gasteiger partial charge in [0.05, 0.1) is 11.9 Å². The third kappa shape index (κ3) is 3.62. The van der Waals surface area contributed by atoms with Crippen LogP contribution in [-0.2, 0) is 4.79 Å². The first kappa shape index (κ1) is 13.7. The summed E-state index contributed by atoms with van der Waals surface area (Å²) >= 11 is 7.19. The van der Waals surface area contributed by atoms with Crippen LogP contribution in [0.1, 0.15) is 18.2 Å². The molecule has 0 saturated heterocycles. The van der Waals surface area contributed by atoms with Gasteiger partial charge in [-0.2, -0.15) is 10.1 Å². The molecule has 0 spiro atoms. The van der Waals surface area contributed by atoms with Gasteiger partial charge in [-0.05, 0) is 24.6 Å². The molecule has 0 aliphatic heterocycles. The number of carbonyl (C=O) groups is 1. The molecule has 19 heavy (non-hydrogen) atoms. The molecule has 1 amide bonds. The van der Waals surface area contributed by atoms with E-state index in [2.05, 4.69) is 10.1 Å². The van der Waals surface area contributed by atoms with Crippen molar-refractivity contribution in [2.24, 2.45) is 5.10 Å². The number of halogens is 1. The normalized spacial score (nSPS) is 10.9. The number of aromatic nitrogens is 1. The van der Waals surface area contributed by atoms with Crippen molar-refractivity contribution in [2.45, 2.75) is 13.8 Å². The van der Waals surface area contributed by atoms with Crippen molar-refractivity contribution in [2.75, 3.05) is 5.01 Å². The zero-order valence-corrected chi connectivity index (χ0v) is 12.1. The van der Waals surface area contributed by atoms with Gasteiger partial charge in [0, 0.05) is 17.3 Å². The van der Waals surface area contributed by atoms with Gasteiger partial charge in [-0.15, -0.1) is 11.3 Å². The minimum Gasteiger partial charge on any atom is -0.273 e. The zero-order valence-electron chi connectivity index (χ0n) is 10.5. The van der Waals surface area contributed by atoms with E-state index in [1.807, 2.05) is 24.4 Å². The highest BCUT2D eigenvalue weighted by atomic mass is 35.5. The summed E-state index contributed by atoms with van der Waals surface area (Å²) in [7, 11) is 0. The Balaban J connectivity index is 2.22. The number of carbonyl (C=O) groups excluding carboxylic acids is 1. The minimum atomic E-state index is -0.181. The van der Waals surface area contributed by atoms with E-state index < -0.39 is 0 Å². The maximum atomic E-state index is 11.6. The Morgan fingerprint density at radius 1 is 1.42 bits per heavy atom. The number of hydrazone groups is 1. The van der Waals surface area contributed by atoms with Crippen molar-refractivity contribution in [1.29, 1.82) is 0 Å². The Labute approximate surface area is 120 Å². The molecule has 0 saturated carbocycles. The second-order valence-electron chi connectivity index (χ2n) is 3.90. The molecule has 2 rings (SSSR count). The Morgan fingerprint density at radius 2 is 2.11 bits per heavy atom. The molecule has 0 N–H and O–H groups in total. The second kappa shape index (κ2) is 5.95. The molecule has 0 fully saturated rings. The van der Waals surface area contributed by atoms with Crippen LogP contribution in [0.2, 0.25) is 5.02 Å². The summed E-state index contributed by atoms with van der Waals surface area (Å²) in [5.74, 6) is -0.181. The topological polar surface area (TPSA) is 45.6 Å². The standard InChI is InChI=1S/C13H12ClN3OS/c1-9-8-19-13(16-9)17(10(2)18)15-7-11-3-5-12(14)6-4-11/h3-8H,1-2H3/b15-7+. The van der Waals surface area contributed by atoms with E-state index in [0.29, 0.717) is 10.2 Å². The van der Waals surface area contributed by atoms with Crippen molar-refractivity contribution in [3.8, 4) is 0 Å². The summed E-state index contributed by atoms with van der Waals surface area (Å²) < 4.78 is 0. The third-order valence-electron chi connectivity index (χ3n) is 2.28. The molecule has 6 heteroatoms. The average molecular weight is 294 g/mol. The monoisotopic (exact) mass is 293 g/mol. The molecule has 98 valence electrons. The summed E-state index contributed by atoms with van der Waals surface area (Å²) in [6.45, 7) is 3.33. The van der Waals surface area contributed by atoms with Gasteiger partial charge in [-0.25, -0.2) is 4.98 Å². The highest BCUT2D eigenvalue weighted by Gasteiger charge is 2.13. The summed E-state index contributed by atoms with van der Waals surface area (Å²) in [4.78, 5) is 15.8. The molecule has 0 aliphatic rings. The van der Waals surface area contributed by atoms with Crippen LogP contribution in [0, 0.1) is 6.92 Å². The van der Waals surface area contributed by atoms with Crippen LogP contribution in [0.5, 0.6) is 0 Å². The van der Waals surface area contributed by atoms with E-state index in [9.17, 15) is 4.79 Å². The van der Waals surface area contributed by atoms with Crippen LogP contribution in [0.25, 0.3) is 0 Å². The van der Waals surface area contributed by atoms with Crippen molar-refractivity contribution in [3.63, 3.8) is 0 Å². The number of nitrogens with zero attached hydrogens (tertiary/aromatic N) is 3. The van der Waals surface area contributed by atoms with E-state index in [-0.39, 0.29) is 5.91 Å². The van der Waals surface area contributed by atoms with E-state index in [1.165, 1.54) is 23.3 Å². The lowest BCUT2D eigenvalue weighted by Gasteiger charge is -2.10. The first-order valence-electron chi connectivity index (χ1n) is 5.58. The lowest BCUT2D eigenvalue weighted by atomic mass is 10.2. The maximum Gasteiger partial charge on any atom is 0.246 e. The Bertz CT molecular complexity index is 607. The van der Waals surface area contributed by atoms with Crippen LogP contribution in [-0.4, -0.2) is 17.1 Å². The van der Waals surface area contributed by atoms with Gasteiger partial charge >= 0.3 is 0 Å². The fraction of sp³-hybridized carbons (Fsp3) is 0.154. The highest BCUT2D eigenvalue weighted by molar-refractivity contribution is 7.14. The number of anilines is 1. The van der Waals surface area contributed by atoms with Gasteiger partial charge in [0.15, 0.2) is 0 Å². The van der Waals surface area contributed by atoms with E-state index >= 15 is 0 Å². The van der Waals surface area contributed by atoms with Gasteiger partial charge < -0.3 is 0 Å². The van der Waals surface area contributed by atoms with Crippen LogP contribution >= 0.6 is 22.9 Å². The molecule has 0 aliphatic carbocycles. The molecule has 2 aromatic rings. The van der Waals surface area contributed by atoms with E-state index in [1.54, 1.807) is 18.3 Å². The molecular weight excluding hydrogens is 282 g/mol. The van der Waals surface area contributed by atoms with Crippen molar-refractivity contribution in [3.05, 3.63) is 45.9 Å². The number of hydrogen-bond donors (Lipinski definition) is 0. The zero-order chi connectivity index (χ0) is 13.8. The van der Waals surface area contributed by atoms with Gasteiger partial charge in [-0.3, -0.25) is 4.79 Å². The Hall–Kier alpha value is -1.72. The largest absolute Gasteiger partial charge is 0.273 e. The molecule has 0 radical (unpaired) electrons. The summed E-state index contributed by atoms with van der Waals surface area (Å²) in [5, 5.41) is 8.56. The maximum absolute atomic E-state index is 11.6. The molecule has 1 heterocycles. The number of benzene rings is 1. The SMILES string of the molecule is CC(=O)N(/N=C/c1ccc(Cl)cc1)c1nc(C)cs1. The minimum absolute atomic E-state index is 0.181. The third-order valence-corrected chi connectivity index (χ3v) is 3.46. The summed E-state index contributed by atoms with van der Waals surface area (Å²) in [6, 6.07) is 7.21. The number of amides is 1. The van der Waals surface area contributed by atoms with Gasteiger partial charge in [-0.1, -0.05) is 23.7 Å². The van der Waals surface area contributed by atoms with Crippen LogP contribution in [0.15, 0.2) is 34.7 Å². The van der Waals surface area contributed by atoms with Crippen LogP contribution in [0.3, 0.4) is 0 Å². The number of hydrogen-bond acceptors (Lipinski definition) is 4. The highest BCUT2D eigenvalue weighted by Crippen LogP contribution is 2.20. The lowest BCUT2D eigenvalue weighted by molar-refractivity contribution is -0.116. The Morgan fingerprint density at radius 3 is 2.63 bits per heavy atom. The second-order valence-corrected chi connectivity index (χ2v) is 5.17. The predicted octanol–water partition coefficient (Wildman–Crippen LogP) is 3.49. The molecule has 0 unspecified atom stereocenters. The smallest absolute Gasteiger partial charge is 0.246 e. The number of aryl methyl sites for hydroxylation is 1. The van der Waals surface area contributed by atoms with Gasteiger partial charge in [0.25, 0.3) is 0 Å². The predicted molar refractivity (Wildman–Crippen MR) is 79.1 cm³/mol. The molecule has 1 aromatic carbocycles. The number of rotatable bonds is 3. The van der Waals surface area contributed by atoms with Crippen molar-refractivity contribution >= 4 is 40.2 Å². The van der Waals surface area contributed by atoms with E-state index in [0.717, 1.165) is 11.3 Å². The number of thiazole rings is 1. The fourth-order valence-corrected chi connectivity index (χ4v) is 2.30. The average Bonchev–Trinajstić information content (AvgIpc) is 2.78. The molecule has 1 aromatic heterocycles. The molecular formula is C13H12ClN3OS. The first-order chi connectivity index (χ1) is 9.06.